The second-order valence-corrected chi connectivity index (χ2v) is 7.54. The first-order valence-electron chi connectivity index (χ1n) is 7.10. The predicted octanol–water partition coefficient (Wildman–Crippen LogP) is 3.88. The molecule has 0 saturated heterocycles. The zero-order valence-electron chi connectivity index (χ0n) is 12.5. The Labute approximate surface area is 129 Å². The molecule has 21 heavy (non-hydrogen) atoms. The van der Waals surface area contributed by atoms with Gasteiger partial charge >= 0.3 is 0 Å². The van der Waals surface area contributed by atoms with E-state index in [0.717, 1.165) is 28.3 Å². The molecule has 0 amide bonds. The van der Waals surface area contributed by atoms with E-state index >= 15 is 0 Å². The lowest BCUT2D eigenvalue weighted by molar-refractivity contribution is -0.118. The summed E-state index contributed by atoms with van der Waals surface area (Å²) in [4.78, 5) is 13.8. The number of ketones is 1. The van der Waals surface area contributed by atoms with Crippen LogP contribution < -0.4 is 5.32 Å². The van der Waals surface area contributed by atoms with Crippen molar-refractivity contribution in [1.29, 1.82) is 5.26 Å². The molecule has 1 N–H and O–H groups in total. The highest BCUT2D eigenvalue weighted by Crippen LogP contribution is 2.47. The van der Waals surface area contributed by atoms with Gasteiger partial charge in [-0.25, -0.2) is 0 Å². The van der Waals surface area contributed by atoms with Gasteiger partial charge in [0.15, 0.2) is 5.78 Å². The van der Waals surface area contributed by atoms with Crippen LogP contribution >= 0.6 is 11.3 Å². The standard InChI is InChI=1S/C17H18N2OS/c1-10-11(9-18)15(14-5-4-6-21-14)16-12(19-10)7-17(2,3)8-13(16)20/h4-6,15,19H,7-8H2,1-3H3/t15-/m0/s1. The molecule has 1 aliphatic heterocycles. The van der Waals surface area contributed by atoms with Crippen molar-refractivity contribution in [3.63, 3.8) is 0 Å². The van der Waals surface area contributed by atoms with Crippen molar-refractivity contribution in [3.05, 3.63) is 44.9 Å². The van der Waals surface area contributed by atoms with Crippen molar-refractivity contribution in [3.8, 4) is 6.07 Å². The highest BCUT2D eigenvalue weighted by molar-refractivity contribution is 7.10. The molecule has 1 aromatic rings. The first-order chi connectivity index (χ1) is 9.93. The number of nitrogens with one attached hydrogen (secondary N) is 1. The van der Waals surface area contributed by atoms with Crippen molar-refractivity contribution < 1.29 is 4.79 Å². The molecule has 2 heterocycles. The molecule has 1 aromatic heterocycles. The molecule has 1 atom stereocenters. The fourth-order valence-corrected chi connectivity index (χ4v) is 4.17. The van der Waals surface area contributed by atoms with Gasteiger partial charge in [0.05, 0.1) is 17.6 Å². The van der Waals surface area contributed by atoms with E-state index in [0.29, 0.717) is 12.0 Å². The number of rotatable bonds is 1. The van der Waals surface area contributed by atoms with Crippen LogP contribution in [0.4, 0.5) is 0 Å². The number of allylic oxidation sites excluding steroid dienone is 4. The van der Waals surface area contributed by atoms with Crippen LogP contribution in [-0.2, 0) is 4.79 Å². The number of carbonyl (C=O) groups is 1. The summed E-state index contributed by atoms with van der Waals surface area (Å²) in [6, 6.07) is 6.30. The fraction of sp³-hybridized carbons (Fsp3) is 0.412. The van der Waals surface area contributed by atoms with E-state index in [9.17, 15) is 10.1 Å². The third-order valence-electron chi connectivity index (χ3n) is 4.19. The average Bonchev–Trinajstić information content (AvgIpc) is 2.88. The maximum atomic E-state index is 12.7. The Bertz CT molecular complexity index is 702. The summed E-state index contributed by atoms with van der Waals surface area (Å²) in [6.07, 6.45) is 1.40. The van der Waals surface area contributed by atoms with E-state index in [1.54, 1.807) is 11.3 Å². The quantitative estimate of drug-likeness (QED) is 0.856. The Morgan fingerprint density at radius 3 is 2.81 bits per heavy atom. The van der Waals surface area contributed by atoms with Crippen LogP contribution in [0.25, 0.3) is 0 Å². The second-order valence-electron chi connectivity index (χ2n) is 6.56. The Morgan fingerprint density at radius 1 is 1.43 bits per heavy atom. The van der Waals surface area contributed by atoms with E-state index in [1.165, 1.54) is 0 Å². The molecule has 3 rings (SSSR count). The third kappa shape index (κ3) is 2.32. The zero-order chi connectivity index (χ0) is 15.2. The van der Waals surface area contributed by atoms with Gasteiger partial charge in [-0.05, 0) is 30.2 Å². The molecule has 0 radical (unpaired) electrons. The van der Waals surface area contributed by atoms with Crippen LogP contribution in [0.5, 0.6) is 0 Å². The second kappa shape index (κ2) is 4.85. The summed E-state index contributed by atoms with van der Waals surface area (Å²) in [7, 11) is 0. The monoisotopic (exact) mass is 298 g/mol. The highest BCUT2D eigenvalue weighted by atomic mass is 32.1. The average molecular weight is 298 g/mol. The van der Waals surface area contributed by atoms with E-state index in [1.807, 2.05) is 24.4 Å². The van der Waals surface area contributed by atoms with Gasteiger partial charge in [0.1, 0.15) is 0 Å². The Balaban J connectivity index is 2.17. The topological polar surface area (TPSA) is 52.9 Å². The van der Waals surface area contributed by atoms with Crippen molar-refractivity contribution in [1.82, 2.24) is 5.32 Å². The molecule has 3 nitrogen and oxygen atoms in total. The van der Waals surface area contributed by atoms with Gasteiger partial charge in [0, 0.05) is 28.3 Å². The van der Waals surface area contributed by atoms with E-state index in [4.69, 9.17) is 0 Å². The summed E-state index contributed by atoms with van der Waals surface area (Å²) < 4.78 is 0. The summed E-state index contributed by atoms with van der Waals surface area (Å²) in [5.41, 5.74) is 3.34. The Kier molecular flexibility index (Phi) is 3.26. The van der Waals surface area contributed by atoms with Crippen LogP contribution in [0.2, 0.25) is 0 Å². The minimum Gasteiger partial charge on any atom is -0.361 e. The van der Waals surface area contributed by atoms with Gasteiger partial charge in [0.2, 0.25) is 0 Å². The molecule has 2 aliphatic rings. The molecular weight excluding hydrogens is 280 g/mol. The molecule has 0 spiro atoms. The van der Waals surface area contributed by atoms with Gasteiger partial charge in [-0.15, -0.1) is 11.3 Å². The molecular formula is C17H18N2OS. The Hall–Kier alpha value is -1.86. The molecule has 0 unspecified atom stereocenters. The summed E-state index contributed by atoms with van der Waals surface area (Å²) in [6.45, 7) is 6.17. The maximum absolute atomic E-state index is 12.7. The summed E-state index contributed by atoms with van der Waals surface area (Å²) in [5, 5.41) is 14.8. The number of nitriles is 1. The van der Waals surface area contributed by atoms with Crippen LogP contribution in [0.1, 0.15) is 44.4 Å². The highest BCUT2D eigenvalue weighted by Gasteiger charge is 2.41. The lowest BCUT2D eigenvalue weighted by Gasteiger charge is -2.38. The van der Waals surface area contributed by atoms with E-state index in [-0.39, 0.29) is 17.1 Å². The first-order valence-corrected chi connectivity index (χ1v) is 7.98. The maximum Gasteiger partial charge on any atom is 0.162 e. The minimum atomic E-state index is -0.185. The lowest BCUT2D eigenvalue weighted by atomic mass is 9.70. The van der Waals surface area contributed by atoms with Gasteiger partial charge in [0.25, 0.3) is 0 Å². The Morgan fingerprint density at radius 2 is 2.19 bits per heavy atom. The van der Waals surface area contributed by atoms with E-state index in [2.05, 4.69) is 25.2 Å². The molecule has 4 heteroatoms. The van der Waals surface area contributed by atoms with Crippen molar-refractivity contribution in [2.45, 2.75) is 39.5 Å². The van der Waals surface area contributed by atoms with Crippen LogP contribution in [0.3, 0.4) is 0 Å². The normalized spacial score (nSPS) is 24.5. The zero-order valence-corrected chi connectivity index (χ0v) is 13.3. The number of dihydropyridines is 1. The summed E-state index contributed by atoms with van der Waals surface area (Å²) >= 11 is 1.61. The molecule has 0 saturated carbocycles. The number of nitrogens with zero attached hydrogens (tertiary/aromatic N) is 1. The molecule has 0 aromatic carbocycles. The number of Topliss-reactive ketones (excluding diaryl/α,β-unsaturated/α-hetero) is 1. The molecule has 0 fully saturated rings. The molecule has 0 bridgehead atoms. The van der Waals surface area contributed by atoms with Crippen LogP contribution in [0, 0.1) is 16.7 Å². The number of hydrogen-bond donors (Lipinski definition) is 1. The number of thiophene rings is 1. The lowest BCUT2D eigenvalue weighted by Crippen LogP contribution is -2.36. The van der Waals surface area contributed by atoms with Crippen LogP contribution in [0.15, 0.2) is 40.1 Å². The smallest absolute Gasteiger partial charge is 0.162 e. The number of carbonyl (C=O) groups excluding carboxylic acids is 1. The minimum absolute atomic E-state index is 0.0205. The van der Waals surface area contributed by atoms with Crippen molar-refractivity contribution in [2.24, 2.45) is 5.41 Å². The van der Waals surface area contributed by atoms with Gasteiger partial charge in [-0.3, -0.25) is 4.79 Å². The largest absolute Gasteiger partial charge is 0.361 e. The van der Waals surface area contributed by atoms with Gasteiger partial charge in [-0.1, -0.05) is 19.9 Å². The fourth-order valence-electron chi connectivity index (χ4n) is 3.32. The molecule has 108 valence electrons. The molecule has 1 aliphatic carbocycles. The first kappa shape index (κ1) is 14.1. The predicted molar refractivity (Wildman–Crippen MR) is 83.6 cm³/mol. The van der Waals surface area contributed by atoms with Gasteiger partial charge in [-0.2, -0.15) is 5.26 Å². The summed E-state index contributed by atoms with van der Waals surface area (Å²) in [5.74, 6) is -0.0118. The van der Waals surface area contributed by atoms with E-state index < -0.39 is 0 Å². The third-order valence-corrected chi connectivity index (χ3v) is 5.13. The SMILES string of the molecule is CC1=C(C#N)[C@@H](c2cccs2)C2=C(CC(C)(C)CC2=O)N1. The van der Waals surface area contributed by atoms with Gasteiger partial charge < -0.3 is 5.32 Å². The van der Waals surface area contributed by atoms with Crippen molar-refractivity contribution in [2.75, 3.05) is 0 Å². The van der Waals surface area contributed by atoms with Crippen LogP contribution in [-0.4, -0.2) is 5.78 Å². The number of hydrogen-bond acceptors (Lipinski definition) is 4. The van der Waals surface area contributed by atoms with Crippen molar-refractivity contribution >= 4 is 17.1 Å².